The van der Waals surface area contributed by atoms with Crippen molar-refractivity contribution < 1.29 is 0 Å². The van der Waals surface area contributed by atoms with Crippen LogP contribution in [0.1, 0.15) is 25.1 Å². The van der Waals surface area contributed by atoms with Crippen LogP contribution in [0.5, 0.6) is 0 Å². The van der Waals surface area contributed by atoms with Crippen molar-refractivity contribution in [1.29, 1.82) is 0 Å². The second-order valence-electron chi connectivity index (χ2n) is 4.26. The minimum Gasteiger partial charge on any atom is -0.303 e. The van der Waals surface area contributed by atoms with Crippen molar-refractivity contribution in [1.82, 2.24) is 9.38 Å². The number of hydrogen-bond donors (Lipinski definition) is 0. The summed E-state index contributed by atoms with van der Waals surface area (Å²) in [5.41, 5.74) is 2.51. The summed E-state index contributed by atoms with van der Waals surface area (Å²) < 4.78 is 2.17. The van der Waals surface area contributed by atoms with Gasteiger partial charge in [0.15, 0.2) is 0 Å². The zero-order chi connectivity index (χ0) is 11.0. The molecule has 1 aliphatic carbocycles. The lowest BCUT2D eigenvalue weighted by Crippen LogP contribution is -2.03. The maximum absolute atomic E-state index is 4.53. The number of allylic oxidation sites excluding steroid dienone is 4. The monoisotopic (exact) mass is 210 g/mol. The minimum absolute atomic E-state index is 0.411. The number of nitrogens with zero attached hydrogens (tertiary/aromatic N) is 2. The van der Waals surface area contributed by atoms with Crippen LogP contribution in [0, 0.1) is 0 Å². The molecule has 2 aromatic heterocycles. The highest BCUT2D eigenvalue weighted by atomic mass is 15.0. The first-order chi connectivity index (χ1) is 7.84. The smallest absolute Gasteiger partial charge is 0.120 e. The van der Waals surface area contributed by atoms with E-state index in [0.29, 0.717) is 5.92 Å². The molecule has 1 aliphatic rings. The predicted molar refractivity (Wildman–Crippen MR) is 65.4 cm³/mol. The number of pyridine rings is 1. The molecule has 2 aromatic rings. The van der Waals surface area contributed by atoms with E-state index in [4.69, 9.17) is 0 Å². The minimum atomic E-state index is 0.411. The van der Waals surface area contributed by atoms with Crippen LogP contribution in [-0.4, -0.2) is 9.38 Å². The third-order valence-electron chi connectivity index (χ3n) is 3.08. The summed E-state index contributed by atoms with van der Waals surface area (Å²) in [6.07, 6.45) is 11.8. The molecule has 3 rings (SSSR count). The van der Waals surface area contributed by atoms with E-state index < -0.39 is 0 Å². The Labute approximate surface area is 94.9 Å². The highest BCUT2D eigenvalue weighted by molar-refractivity contribution is 5.46. The van der Waals surface area contributed by atoms with Crippen molar-refractivity contribution in [3.05, 3.63) is 60.2 Å². The van der Waals surface area contributed by atoms with Crippen LogP contribution >= 0.6 is 0 Å². The van der Waals surface area contributed by atoms with E-state index in [1.54, 1.807) is 0 Å². The molecule has 2 heterocycles. The van der Waals surface area contributed by atoms with E-state index in [1.165, 1.54) is 5.57 Å². The zero-order valence-electron chi connectivity index (χ0n) is 9.30. The molecular formula is C14H14N2. The van der Waals surface area contributed by atoms with Crippen LogP contribution in [0.25, 0.3) is 5.52 Å². The van der Waals surface area contributed by atoms with Gasteiger partial charge in [0.1, 0.15) is 5.82 Å². The molecule has 0 amide bonds. The molecule has 0 spiro atoms. The van der Waals surface area contributed by atoms with Gasteiger partial charge in [0.05, 0.1) is 11.7 Å². The third kappa shape index (κ3) is 1.47. The Kier molecular flexibility index (Phi) is 2.13. The van der Waals surface area contributed by atoms with Gasteiger partial charge in [-0.2, -0.15) is 0 Å². The van der Waals surface area contributed by atoms with Gasteiger partial charge in [-0.1, -0.05) is 29.9 Å². The van der Waals surface area contributed by atoms with Crippen LogP contribution in [0.15, 0.2) is 54.4 Å². The lowest BCUT2D eigenvalue weighted by Gasteiger charge is -2.13. The number of fused-ring (bicyclic) bond motifs is 1. The van der Waals surface area contributed by atoms with Gasteiger partial charge < -0.3 is 4.40 Å². The van der Waals surface area contributed by atoms with Gasteiger partial charge in [-0.25, -0.2) is 4.98 Å². The van der Waals surface area contributed by atoms with Crippen LogP contribution in [0.3, 0.4) is 0 Å². The van der Waals surface area contributed by atoms with Crippen molar-refractivity contribution in [3.8, 4) is 0 Å². The Morgan fingerprint density at radius 1 is 1.38 bits per heavy atom. The second kappa shape index (κ2) is 3.63. The van der Waals surface area contributed by atoms with Crippen molar-refractivity contribution in [3.63, 3.8) is 0 Å². The standard InChI is InChI=1S/C14H14N2/c1-11-5-7-12(8-6-11)14-15-10-13-4-2-3-9-16(13)14/h2-7,9-10,12H,8H2,1H3. The maximum atomic E-state index is 4.53. The van der Waals surface area contributed by atoms with Crippen LogP contribution < -0.4 is 0 Å². The summed E-state index contributed by atoms with van der Waals surface area (Å²) in [5, 5.41) is 0. The quantitative estimate of drug-likeness (QED) is 0.705. The van der Waals surface area contributed by atoms with Crippen molar-refractivity contribution >= 4 is 5.52 Å². The number of aromatic nitrogens is 2. The van der Waals surface area contributed by atoms with Crippen molar-refractivity contribution in [2.24, 2.45) is 0 Å². The number of hydrogen-bond acceptors (Lipinski definition) is 1. The highest BCUT2D eigenvalue weighted by Gasteiger charge is 2.14. The first kappa shape index (κ1) is 9.40. The molecule has 2 heteroatoms. The molecule has 0 aliphatic heterocycles. The van der Waals surface area contributed by atoms with Gasteiger partial charge in [-0.3, -0.25) is 0 Å². The molecule has 0 fully saturated rings. The highest BCUT2D eigenvalue weighted by Crippen LogP contribution is 2.26. The molecule has 16 heavy (non-hydrogen) atoms. The van der Waals surface area contributed by atoms with Gasteiger partial charge in [0, 0.05) is 12.1 Å². The summed E-state index contributed by atoms with van der Waals surface area (Å²) in [4.78, 5) is 4.53. The van der Waals surface area contributed by atoms with Gasteiger partial charge in [0.2, 0.25) is 0 Å². The molecule has 0 aromatic carbocycles. The Morgan fingerprint density at radius 3 is 3.12 bits per heavy atom. The lowest BCUT2D eigenvalue weighted by atomic mass is 9.97. The van der Waals surface area contributed by atoms with E-state index in [1.807, 2.05) is 18.3 Å². The predicted octanol–water partition coefficient (Wildman–Crippen LogP) is 3.32. The lowest BCUT2D eigenvalue weighted by molar-refractivity contribution is 0.763. The molecule has 0 saturated heterocycles. The molecular weight excluding hydrogens is 196 g/mol. The third-order valence-corrected chi connectivity index (χ3v) is 3.08. The van der Waals surface area contributed by atoms with E-state index in [-0.39, 0.29) is 0 Å². The molecule has 1 unspecified atom stereocenters. The van der Waals surface area contributed by atoms with Gasteiger partial charge in [-0.05, 0) is 25.5 Å². The summed E-state index contributed by atoms with van der Waals surface area (Å²) in [6, 6.07) is 6.18. The SMILES string of the molecule is CC1=CCC(c2ncc3ccccn23)C=C1. The van der Waals surface area contributed by atoms with Gasteiger partial charge >= 0.3 is 0 Å². The fourth-order valence-corrected chi connectivity index (χ4v) is 2.16. The van der Waals surface area contributed by atoms with Gasteiger partial charge in [-0.15, -0.1) is 0 Å². The normalized spacial score (nSPS) is 20.1. The molecule has 0 bridgehead atoms. The van der Waals surface area contributed by atoms with Crippen LogP contribution in [0.4, 0.5) is 0 Å². The largest absolute Gasteiger partial charge is 0.303 e. The van der Waals surface area contributed by atoms with E-state index in [2.05, 4.69) is 46.8 Å². The van der Waals surface area contributed by atoms with E-state index in [9.17, 15) is 0 Å². The topological polar surface area (TPSA) is 17.3 Å². The molecule has 0 radical (unpaired) electrons. The molecule has 80 valence electrons. The summed E-state index contributed by atoms with van der Waals surface area (Å²) in [7, 11) is 0. The van der Waals surface area contributed by atoms with Crippen molar-refractivity contribution in [2.45, 2.75) is 19.3 Å². The molecule has 0 saturated carbocycles. The summed E-state index contributed by atoms with van der Waals surface area (Å²) in [5.74, 6) is 1.55. The Morgan fingerprint density at radius 2 is 2.31 bits per heavy atom. The average Bonchev–Trinajstić information content (AvgIpc) is 2.74. The average molecular weight is 210 g/mol. The van der Waals surface area contributed by atoms with Crippen LogP contribution in [-0.2, 0) is 0 Å². The first-order valence-corrected chi connectivity index (χ1v) is 5.61. The molecule has 2 nitrogen and oxygen atoms in total. The maximum Gasteiger partial charge on any atom is 0.120 e. The molecule has 1 atom stereocenters. The second-order valence-corrected chi connectivity index (χ2v) is 4.26. The first-order valence-electron chi connectivity index (χ1n) is 5.61. The summed E-state index contributed by atoms with van der Waals surface area (Å²) in [6.45, 7) is 2.14. The molecule has 0 N–H and O–H groups in total. The Balaban J connectivity index is 2.04. The van der Waals surface area contributed by atoms with Crippen LogP contribution in [0.2, 0.25) is 0 Å². The fourth-order valence-electron chi connectivity index (χ4n) is 2.16. The number of imidazole rings is 1. The fraction of sp³-hybridized carbons (Fsp3) is 0.214. The zero-order valence-corrected chi connectivity index (χ0v) is 9.30. The van der Waals surface area contributed by atoms with Gasteiger partial charge in [0.25, 0.3) is 0 Å². The Bertz CT molecular complexity index is 575. The van der Waals surface area contributed by atoms with E-state index in [0.717, 1.165) is 17.8 Å². The summed E-state index contributed by atoms with van der Waals surface area (Å²) >= 11 is 0. The van der Waals surface area contributed by atoms with E-state index >= 15 is 0 Å². The van der Waals surface area contributed by atoms with Crippen molar-refractivity contribution in [2.75, 3.05) is 0 Å². The number of rotatable bonds is 1. The Hall–Kier alpha value is -1.83.